The molecule has 1 atom stereocenters. The Morgan fingerprint density at radius 1 is 1.24 bits per heavy atom. The summed E-state index contributed by atoms with van der Waals surface area (Å²) in [4.78, 5) is 16.4. The first-order chi connectivity index (χ1) is 10.1. The number of hydrogen-bond acceptors (Lipinski definition) is 3. The first-order valence-electron chi connectivity index (χ1n) is 6.54. The third-order valence-corrected chi connectivity index (χ3v) is 3.54. The van der Waals surface area contributed by atoms with Gasteiger partial charge in [-0.15, -0.1) is 0 Å². The highest BCUT2D eigenvalue weighted by atomic mass is 35.5. The largest absolute Gasteiger partial charge is 0.453 e. The lowest BCUT2D eigenvalue weighted by molar-refractivity contribution is 0.0332. The summed E-state index contributed by atoms with van der Waals surface area (Å²) in [6.07, 6.45) is 3.05. The molecule has 0 amide bonds. The molecule has 21 heavy (non-hydrogen) atoms. The van der Waals surface area contributed by atoms with Gasteiger partial charge in [0.2, 0.25) is 0 Å². The van der Waals surface area contributed by atoms with Crippen molar-refractivity contribution in [3.05, 3.63) is 71.1 Å². The highest BCUT2D eigenvalue weighted by molar-refractivity contribution is 6.31. The number of imidazole rings is 1. The number of hydrogen-bond donors (Lipinski definition) is 0. The predicted octanol–water partition coefficient (Wildman–Crippen LogP) is 3.91. The van der Waals surface area contributed by atoms with Gasteiger partial charge in [0.25, 0.3) is 0 Å². The van der Waals surface area contributed by atoms with E-state index in [1.165, 1.54) is 0 Å². The van der Waals surface area contributed by atoms with E-state index in [2.05, 4.69) is 4.98 Å². The average molecular weight is 301 g/mol. The van der Waals surface area contributed by atoms with Crippen molar-refractivity contribution < 1.29 is 9.53 Å². The Bertz CT molecular complexity index is 765. The molecule has 0 aliphatic heterocycles. The number of aromatic nitrogens is 2. The number of esters is 1. The van der Waals surface area contributed by atoms with E-state index in [0.717, 1.165) is 5.56 Å². The van der Waals surface area contributed by atoms with E-state index >= 15 is 0 Å². The number of ether oxygens (including phenoxy) is 1. The van der Waals surface area contributed by atoms with Crippen LogP contribution in [0.1, 0.15) is 29.1 Å². The van der Waals surface area contributed by atoms with Gasteiger partial charge < -0.3 is 9.14 Å². The number of carbonyl (C=O) groups excluding carboxylic acids is 1. The standard InChI is InChI=1S/C16H13ClN2O2/c1-11(12-6-2-3-7-13(12)17)21-16(20)14-10-19-9-5-4-8-15(19)18-14/h2-11H,1H3/t11-/m1/s1. The van der Waals surface area contributed by atoms with Crippen molar-refractivity contribution in [2.45, 2.75) is 13.0 Å². The molecule has 106 valence electrons. The predicted molar refractivity (Wildman–Crippen MR) is 80.5 cm³/mol. The smallest absolute Gasteiger partial charge is 0.359 e. The van der Waals surface area contributed by atoms with Crippen LogP contribution in [0, 0.1) is 0 Å². The minimum atomic E-state index is -0.467. The van der Waals surface area contributed by atoms with Crippen molar-refractivity contribution in [2.24, 2.45) is 0 Å². The van der Waals surface area contributed by atoms with Crippen molar-refractivity contribution >= 4 is 23.2 Å². The van der Waals surface area contributed by atoms with Crippen molar-refractivity contribution in [3.8, 4) is 0 Å². The Morgan fingerprint density at radius 3 is 2.76 bits per heavy atom. The normalized spacial score (nSPS) is 12.3. The Kier molecular flexibility index (Phi) is 3.62. The molecular weight excluding hydrogens is 288 g/mol. The summed E-state index contributed by atoms with van der Waals surface area (Å²) in [7, 11) is 0. The third-order valence-electron chi connectivity index (χ3n) is 3.20. The van der Waals surface area contributed by atoms with Gasteiger partial charge in [0, 0.05) is 23.0 Å². The molecular formula is C16H13ClN2O2. The lowest BCUT2D eigenvalue weighted by atomic mass is 10.1. The average Bonchev–Trinajstić information content (AvgIpc) is 2.91. The summed E-state index contributed by atoms with van der Waals surface area (Å²) in [5, 5.41) is 0.577. The van der Waals surface area contributed by atoms with Crippen LogP contribution in [0.15, 0.2) is 54.9 Å². The molecule has 0 spiro atoms. The topological polar surface area (TPSA) is 43.6 Å². The fourth-order valence-electron chi connectivity index (χ4n) is 2.12. The molecule has 0 unspecified atom stereocenters. The fourth-order valence-corrected chi connectivity index (χ4v) is 2.41. The van der Waals surface area contributed by atoms with Crippen LogP contribution in [-0.4, -0.2) is 15.4 Å². The van der Waals surface area contributed by atoms with Crippen LogP contribution in [0.25, 0.3) is 5.65 Å². The monoisotopic (exact) mass is 300 g/mol. The van der Waals surface area contributed by atoms with Gasteiger partial charge in [-0.2, -0.15) is 0 Å². The zero-order valence-corrected chi connectivity index (χ0v) is 12.1. The van der Waals surface area contributed by atoms with E-state index in [1.807, 2.05) is 42.6 Å². The lowest BCUT2D eigenvalue weighted by Gasteiger charge is -2.13. The maximum Gasteiger partial charge on any atom is 0.359 e. The Balaban J connectivity index is 1.81. The van der Waals surface area contributed by atoms with E-state index < -0.39 is 12.1 Å². The van der Waals surface area contributed by atoms with Gasteiger partial charge >= 0.3 is 5.97 Å². The molecule has 2 aromatic heterocycles. The second-order valence-electron chi connectivity index (χ2n) is 4.66. The molecule has 3 rings (SSSR count). The van der Waals surface area contributed by atoms with Gasteiger partial charge in [0.05, 0.1) is 0 Å². The van der Waals surface area contributed by atoms with Crippen LogP contribution in [0.3, 0.4) is 0 Å². The minimum absolute atomic E-state index is 0.278. The van der Waals surface area contributed by atoms with E-state index in [4.69, 9.17) is 16.3 Å². The number of fused-ring (bicyclic) bond motifs is 1. The molecule has 4 nitrogen and oxygen atoms in total. The summed E-state index contributed by atoms with van der Waals surface area (Å²) in [6, 6.07) is 12.9. The molecule has 0 N–H and O–H groups in total. The molecule has 0 saturated heterocycles. The molecule has 0 fully saturated rings. The number of carbonyl (C=O) groups is 1. The number of halogens is 1. The number of nitrogens with zero attached hydrogens (tertiary/aromatic N) is 2. The first kappa shape index (κ1) is 13.6. The van der Waals surface area contributed by atoms with Crippen molar-refractivity contribution in [2.75, 3.05) is 0 Å². The summed E-state index contributed by atoms with van der Waals surface area (Å²) < 4.78 is 7.21. The molecule has 1 aromatic carbocycles. The zero-order chi connectivity index (χ0) is 14.8. The number of pyridine rings is 1. The molecule has 5 heteroatoms. The lowest BCUT2D eigenvalue weighted by Crippen LogP contribution is -2.10. The Labute approximate surface area is 126 Å². The molecule has 0 bridgehead atoms. The maximum absolute atomic E-state index is 12.2. The maximum atomic E-state index is 12.2. The molecule has 3 aromatic rings. The van der Waals surface area contributed by atoms with Gasteiger partial charge in [-0.1, -0.05) is 35.9 Å². The third kappa shape index (κ3) is 2.76. The highest BCUT2D eigenvalue weighted by Crippen LogP contribution is 2.25. The van der Waals surface area contributed by atoms with Gasteiger partial charge in [-0.05, 0) is 25.1 Å². The number of rotatable bonds is 3. The van der Waals surface area contributed by atoms with Crippen LogP contribution >= 0.6 is 11.6 Å². The van der Waals surface area contributed by atoms with Crippen LogP contribution in [0.2, 0.25) is 5.02 Å². The van der Waals surface area contributed by atoms with Crippen LogP contribution < -0.4 is 0 Å². The minimum Gasteiger partial charge on any atom is -0.453 e. The summed E-state index contributed by atoms with van der Waals surface area (Å²) in [5.74, 6) is -0.467. The van der Waals surface area contributed by atoms with E-state index in [1.54, 1.807) is 23.6 Å². The SMILES string of the molecule is C[C@@H](OC(=O)c1cn2ccccc2n1)c1ccccc1Cl. The molecule has 2 heterocycles. The van der Waals surface area contributed by atoms with Crippen LogP contribution in [0.4, 0.5) is 0 Å². The van der Waals surface area contributed by atoms with E-state index in [-0.39, 0.29) is 5.69 Å². The fraction of sp³-hybridized carbons (Fsp3) is 0.125. The quantitative estimate of drug-likeness (QED) is 0.689. The molecule has 0 radical (unpaired) electrons. The summed E-state index contributed by atoms with van der Waals surface area (Å²) in [5.41, 5.74) is 1.76. The zero-order valence-electron chi connectivity index (χ0n) is 11.4. The van der Waals surface area contributed by atoms with E-state index in [9.17, 15) is 4.79 Å². The van der Waals surface area contributed by atoms with Crippen LogP contribution in [0.5, 0.6) is 0 Å². The van der Waals surface area contributed by atoms with E-state index in [0.29, 0.717) is 10.7 Å². The first-order valence-corrected chi connectivity index (χ1v) is 6.92. The molecule has 0 saturated carbocycles. The second-order valence-corrected chi connectivity index (χ2v) is 5.07. The van der Waals surface area contributed by atoms with Crippen LogP contribution in [-0.2, 0) is 4.74 Å². The van der Waals surface area contributed by atoms with Gasteiger partial charge in [-0.3, -0.25) is 0 Å². The van der Waals surface area contributed by atoms with Gasteiger partial charge in [0.15, 0.2) is 5.69 Å². The highest BCUT2D eigenvalue weighted by Gasteiger charge is 2.18. The molecule has 0 aliphatic carbocycles. The second kappa shape index (κ2) is 5.58. The Morgan fingerprint density at radius 2 is 2.00 bits per heavy atom. The Hall–Kier alpha value is -2.33. The van der Waals surface area contributed by atoms with Crippen molar-refractivity contribution in [1.82, 2.24) is 9.38 Å². The number of benzene rings is 1. The summed E-state index contributed by atoms with van der Waals surface area (Å²) >= 11 is 6.10. The molecule has 0 aliphatic rings. The van der Waals surface area contributed by atoms with Crippen molar-refractivity contribution in [1.29, 1.82) is 0 Å². The summed E-state index contributed by atoms with van der Waals surface area (Å²) in [6.45, 7) is 1.79. The van der Waals surface area contributed by atoms with Crippen molar-refractivity contribution in [3.63, 3.8) is 0 Å². The van der Waals surface area contributed by atoms with Gasteiger partial charge in [0.1, 0.15) is 11.8 Å². The van der Waals surface area contributed by atoms with Gasteiger partial charge in [-0.25, -0.2) is 9.78 Å².